The van der Waals surface area contributed by atoms with E-state index in [1.807, 2.05) is 0 Å². The van der Waals surface area contributed by atoms with Crippen molar-refractivity contribution < 1.29 is 9.90 Å². The average Bonchev–Trinajstić information content (AvgIpc) is 2.66. The molecule has 2 aliphatic rings. The summed E-state index contributed by atoms with van der Waals surface area (Å²) in [5.74, 6) is 1.96. The zero-order chi connectivity index (χ0) is 11.1. The maximum atomic E-state index is 10.5. The number of carboxylic acid groups (broad SMARTS) is 1. The van der Waals surface area contributed by atoms with Crippen LogP contribution in [0, 0.1) is 23.2 Å². The van der Waals surface area contributed by atoms with Crippen LogP contribution in [0.1, 0.15) is 52.4 Å². The van der Waals surface area contributed by atoms with Gasteiger partial charge in [0.1, 0.15) is 0 Å². The van der Waals surface area contributed by atoms with Crippen LogP contribution >= 0.6 is 12.4 Å². The number of hydrogen-bond donors (Lipinski definition) is 1. The van der Waals surface area contributed by atoms with Gasteiger partial charge in [0.2, 0.25) is 0 Å². The van der Waals surface area contributed by atoms with Crippen molar-refractivity contribution in [1.82, 2.24) is 0 Å². The normalized spacial score (nSPS) is 34.8. The minimum atomic E-state index is -0.643. The van der Waals surface area contributed by atoms with Crippen molar-refractivity contribution in [2.45, 2.75) is 52.4 Å². The standard InChI is InChI=1S/C13H22O2.ClH/c1-13(2)10-7-6-9(8-10)11(13)4-3-5-12(14)15;/h9-11H,3-8H2,1-2H3,(H,14,15);1H. The van der Waals surface area contributed by atoms with Gasteiger partial charge >= 0.3 is 5.97 Å². The third kappa shape index (κ3) is 2.37. The Morgan fingerprint density at radius 3 is 2.56 bits per heavy atom. The Labute approximate surface area is 104 Å². The molecule has 94 valence electrons. The summed E-state index contributed by atoms with van der Waals surface area (Å²) in [6.45, 7) is 4.78. The van der Waals surface area contributed by atoms with Gasteiger partial charge in [-0.25, -0.2) is 0 Å². The maximum absolute atomic E-state index is 10.5. The van der Waals surface area contributed by atoms with E-state index in [1.54, 1.807) is 0 Å². The maximum Gasteiger partial charge on any atom is 0.303 e. The van der Waals surface area contributed by atoms with E-state index < -0.39 is 5.97 Å². The third-order valence-electron chi connectivity index (χ3n) is 4.96. The summed E-state index contributed by atoms with van der Waals surface area (Å²) < 4.78 is 0. The predicted octanol–water partition coefficient (Wildman–Crippen LogP) is 3.74. The van der Waals surface area contributed by atoms with Gasteiger partial charge in [0.15, 0.2) is 0 Å². The molecule has 0 aliphatic heterocycles. The number of carbonyl (C=O) groups is 1. The molecule has 3 heteroatoms. The molecule has 3 unspecified atom stereocenters. The van der Waals surface area contributed by atoms with Gasteiger partial charge in [0.25, 0.3) is 0 Å². The first-order valence-corrected chi connectivity index (χ1v) is 6.23. The van der Waals surface area contributed by atoms with Gasteiger partial charge in [-0.15, -0.1) is 12.4 Å². The molecule has 2 nitrogen and oxygen atoms in total. The molecule has 3 atom stereocenters. The van der Waals surface area contributed by atoms with E-state index in [1.165, 1.54) is 19.3 Å². The van der Waals surface area contributed by atoms with E-state index in [-0.39, 0.29) is 12.4 Å². The second kappa shape index (κ2) is 4.95. The van der Waals surface area contributed by atoms with Crippen LogP contribution in [0.3, 0.4) is 0 Å². The Kier molecular flexibility index (Phi) is 4.28. The first kappa shape index (κ1) is 13.8. The summed E-state index contributed by atoms with van der Waals surface area (Å²) in [7, 11) is 0. The quantitative estimate of drug-likeness (QED) is 0.821. The number of hydrogen-bond acceptors (Lipinski definition) is 1. The first-order valence-electron chi connectivity index (χ1n) is 6.23. The highest BCUT2D eigenvalue weighted by Crippen LogP contribution is 2.60. The van der Waals surface area contributed by atoms with Gasteiger partial charge < -0.3 is 5.11 Å². The molecule has 2 fully saturated rings. The largest absolute Gasteiger partial charge is 0.481 e. The molecular formula is C13H23ClO2. The smallest absolute Gasteiger partial charge is 0.303 e. The summed E-state index contributed by atoms with van der Waals surface area (Å²) in [4.78, 5) is 10.5. The van der Waals surface area contributed by atoms with Crippen molar-refractivity contribution in [3.05, 3.63) is 0 Å². The first-order chi connectivity index (χ1) is 7.01. The van der Waals surface area contributed by atoms with Gasteiger partial charge in [-0.3, -0.25) is 4.79 Å². The number of aliphatic carboxylic acids is 1. The van der Waals surface area contributed by atoms with Crippen LogP contribution in [0.4, 0.5) is 0 Å². The van der Waals surface area contributed by atoms with Crippen molar-refractivity contribution in [1.29, 1.82) is 0 Å². The average molecular weight is 247 g/mol. The van der Waals surface area contributed by atoms with Crippen LogP contribution in [-0.4, -0.2) is 11.1 Å². The van der Waals surface area contributed by atoms with E-state index in [4.69, 9.17) is 5.11 Å². The predicted molar refractivity (Wildman–Crippen MR) is 66.8 cm³/mol. The summed E-state index contributed by atoms with van der Waals surface area (Å²) in [6, 6.07) is 0. The number of carboxylic acids is 1. The minimum Gasteiger partial charge on any atom is -0.481 e. The fourth-order valence-electron chi connectivity index (χ4n) is 4.05. The molecule has 0 heterocycles. The topological polar surface area (TPSA) is 37.3 Å². The van der Waals surface area contributed by atoms with Gasteiger partial charge in [0.05, 0.1) is 0 Å². The van der Waals surface area contributed by atoms with Crippen LogP contribution in [0.2, 0.25) is 0 Å². The Bertz CT molecular complexity index is 263. The van der Waals surface area contributed by atoms with Crippen LogP contribution in [-0.2, 0) is 4.79 Å². The summed E-state index contributed by atoms with van der Waals surface area (Å²) in [5, 5.41) is 8.65. The molecule has 2 rings (SSSR count). The lowest BCUT2D eigenvalue weighted by Gasteiger charge is -2.38. The molecule has 2 saturated carbocycles. The van der Waals surface area contributed by atoms with Crippen LogP contribution in [0.15, 0.2) is 0 Å². The summed E-state index contributed by atoms with van der Waals surface area (Å²) >= 11 is 0. The van der Waals surface area contributed by atoms with Crippen molar-refractivity contribution in [3.63, 3.8) is 0 Å². The number of halogens is 1. The lowest BCUT2D eigenvalue weighted by atomic mass is 9.67. The molecule has 16 heavy (non-hydrogen) atoms. The van der Waals surface area contributed by atoms with E-state index >= 15 is 0 Å². The Morgan fingerprint density at radius 1 is 1.38 bits per heavy atom. The third-order valence-corrected chi connectivity index (χ3v) is 4.96. The number of fused-ring (bicyclic) bond motifs is 2. The Hall–Kier alpha value is -0.240. The van der Waals surface area contributed by atoms with Gasteiger partial charge in [0, 0.05) is 6.42 Å². The molecular weight excluding hydrogens is 224 g/mol. The number of rotatable bonds is 4. The van der Waals surface area contributed by atoms with Crippen molar-refractivity contribution in [2.75, 3.05) is 0 Å². The van der Waals surface area contributed by atoms with Crippen molar-refractivity contribution in [3.8, 4) is 0 Å². The van der Waals surface area contributed by atoms with Crippen LogP contribution < -0.4 is 0 Å². The molecule has 0 radical (unpaired) electrons. The fraction of sp³-hybridized carbons (Fsp3) is 0.923. The highest BCUT2D eigenvalue weighted by molar-refractivity contribution is 5.85. The lowest BCUT2D eigenvalue weighted by molar-refractivity contribution is -0.137. The molecule has 0 aromatic heterocycles. The van der Waals surface area contributed by atoms with Gasteiger partial charge in [-0.2, -0.15) is 0 Å². The zero-order valence-corrected chi connectivity index (χ0v) is 11.1. The summed E-state index contributed by atoms with van der Waals surface area (Å²) in [6.07, 6.45) is 6.56. The molecule has 0 aromatic carbocycles. The van der Waals surface area contributed by atoms with Crippen LogP contribution in [0.25, 0.3) is 0 Å². The van der Waals surface area contributed by atoms with E-state index in [0.717, 1.165) is 30.6 Å². The Morgan fingerprint density at radius 2 is 2.06 bits per heavy atom. The van der Waals surface area contributed by atoms with Crippen molar-refractivity contribution in [2.24, 2.45) is 23.2 Å². The summed E-state index contributed by atoms with van der Waals surface area (Å²) in [5.41, 5.74) is 0.474. The molecule has 0 spiro atoms. The molecule has 2 bridgehead atoms. The van der Waals surface area contributed by atoms with E-state index in [2.05, 4.69) is 13.8 Å². The zero-order valence-electron chi connectivity index (χ0n) is 10.2. The highest BCUT2D eigenvalue weighted by atomic mass is 35.5. The Balaban J connectivity index is 0.00000128. The van der Waals surface area contributed by atoms with E-state index in [0.29, 0.717) is 11.8 Å². The van der Waals surface area contributed by atoms with Gasteiger partial charge in [-0.1, -0.05) is 13.8 Å². The van der Waals surface area contributed by atoms with Gasteiger partial charge in [-0.05, 0) is 55.3 Å². The lowest BCUT2D eigenvalue weighted by Crippen LogP contribution is -2.30. The molecule has 0 saturated heterocycles. The molecule has 0 amide bonds. The molecule has 1 N–H and O–H groups in total. The van der Waals surface area contributed by atoms with Crippen LogP contribution in [0.5, 0.6) is 0 Å². The van der Waals surface area contributed by atoms with Crippen molar-refractivity contribution >= 4 is 18.4 Å². The minimum absolute atomic E-state index is 0. The molecule has 2 aliphatic carbocycles. The SMILES string of the molecule is CC1(C)C2CCC(C2)C1CCCC(=O)O.Cl. The van der Waals surface area contributed by atoms with E-state index in [9.17, 15) is 4.79 Å². The molecule has 0 aromatic rings. The second-order valence-corrected chi connectivity index (χ2v) is 5.98. The highest BCUT2D eigenvalue weighted by Gasteiger charge is 2.51. The second-order valence-electron chi connectivity index (χ2n) is 5.98. The fourth-order valence-corrected chi connectivity index (χ4v) is 4.05. The monoisotopic (exact) mass is 246 g/mol.